The summed E-state index contributed by atoms with van der Waals surface area (Å²) < 4.78 is 6.58. The fourth-order valence-corrected chi connectivity index (χ4v) is 3.17. The van der Waals surface area contributed by atoms with Crippen LogP contribution in [0.1, 0.15) is 24.8 Å². The minimum Gasteiger partial charge on any atom is -0.382 e. The molecule has 1 heterocycles. The molecule has 1 aromatic heterocycles. The summed E-state index contributed by atoms with van der Waals surface area (Å²) in [5, 5.41) is 4.60. The molecular formula is C15H22N2OS. The van der Waals surface area contributed by atoms with Gasteiger partial charge in [-0.05, 0) is 38.9 Å². The minimum atomic E-state index is 0.325. The largest absolute Gasteiger partial charge is 0.382 e. The number of nitrogens with zero attached hydrogens (tertiary/aromatic N) is 1. The molecule has 2 rings (SSSR count). The molecule has 4 heteroatoms. The summed E-state index contributed by atoms with van der Waals surface area (Å²) in [6.07, 6.45) is 3.51. The number of aromatic nitrogens is 1. The van der Waals surface area contributed by atoms with Crippen LogP contribution in [0.2, 0.25) is 0 Å². The Balaban J connectivity index is 1.97. The zero-order chi connectivity index (χ0) is 13.7. The lowest BCUT2D eigenvalue weighted by molar-refractivity contribution is 0.106. The van der Waals surface area contributed by atoms with Gasteiger partial charge in [-0.25, -0.2) is 4.98 Å². The van der Waals surface area contributed by atoms with Gasteiger partial charge in [0.1, 0.15) is 0 Å². The van der Waals surface area contributed by atoms with Crippen molar-refractivity contribution >= 4 is 21.6 Å². The van der Waals surface area contributed by atoms with E-state index in [0.717, 1.165) is 24.8 Å². The standard InChI is InChI=1S/C15H22N2OS/c1-11(18-3)8-9-12(16-2)10-15-17-13-6-4-5-7-14(13)19-15/h4-7,11-12,16H,8-10H2,1-3H3. The highest BCUT2D eigenvalue weighted by Gasteiger charge is 2.12. The lowest BCUT2D eigenvalue weighted by Gasteiger charge is -2.17. The highest BCUT2D eigenvalue weighted by atomic mass is 32.1. The number of methoxy groups -OCH3 is 1. The summed E-state index contributed by atoms with van der Waals surface area (Å²) in [6, 6.07) is 8.80. The number of rotatable bonds is 7. The molecular weight excluding hydrogens is 256 g/mol. The highest BCUT2D eigenvalue weighted by molar-refractivity contribution is 7.18. The molecule has 0 aliphatic heterocycles. The monoisotopic (exact) mass is 278 g/mol. The fourth-order valence-electron chi connectivity index (χ4n) is 2.12. The Morgan fingerprint density at radius 2 is 2.11 bits per heavy atom. The maximum atomic E-state index is 5.30. The predicted molar refractivity (Wildman–Crippen MR) is 81.9 cm³/mol. The smallest absolute Gasteiger partial charge is 0.0954 e. The van der Waals surface area contributed by atoms with Gasteiger partial charge in [0.15, 0.2) is 0 Å². The molecule has 0 fully saturated rings. The van der Waals surface area contributed by atoms with Gasteiger partial charge in [-0.15, -0.1) is 11.3 Å². The van der Waals surface area contributed by atoms with Gasteiger partial charge in [0, 0.05) is 19.6 Å². The van der Waals surface area contributed by atoms with Gasteiger partial charge in [0.25, 0.3) is 0 Å². The summed E-state index contributed by atoms with van der Waals surface area (Å²) in [7, 11) is 3.79. The Hall–Kier alpha value is -0.970. The van der Waals surface area contributed by atoms with E-state index in [9.17, 15) is 0 Å². The zero-order valence-electron chi connectivity index (χ0n) is 11.8. The number of ether oxygens (including phenoxy) is 1. The van der Waals surface area contributed by atoms with Crippen LogP contribution in [0.5, 0.6) is 0 Å². The van der Waals surface area contributed by atoms with Crippen LogP contribution in [0, 0.1) is 0 Å². The molecule has 104 valence electrons. The first-order chi connectivity index (χ1) is 9.22. The number of fused-ring (bicyclic) bond motifs is 1. The Labute approximate surface area is 119 Å². The molecule has 19 heavy (non-hydrogen) atoms. The summed E-state index contributed by atoms with van der Waals surface area (Å²) >= 11 is 1.80. The molecule has 0 saturated carbocycles. The molecule has 1 N–H and O–H groups in total. The van der Waals surface area contributed by atoms with Crippen LogP contribution in [0.4, 0.5) is 0 Å². The van der Waals surface area contributed by atoms with E-state index in [1.54, 1.807) is 18.4 Å². The molecule has 1 aromatic carbocycles. The minimum absolute atomic E-state index is 0.325. The number of thiazole rings is 1. The Morgan fingerprint density at radius 1 is 1.32 bits per heavy atom. The van der Waals surface area contributed by atoms with Crippen molar-refractivity contribution < 1.29 is 4.74 Å². The summed E-state index contributed by atoms with van der Waals surface area (Å²) in [5.74, 6) is 0. The van der Waals surface area contributed by atoms with Crippen molar-refractivity contribution in [3.8, 4) is 0 Å². The number of nitrogens with one attached hydrogen (secondary N) is 1. The van der Waals surface area contributed by atoms with Crippen LogP contribution in [0.15, 0.2) is 24.3 Å². The molecule has 0 amide bonds. The van der Waals surface area contributed by atoms with Crippen LogP contribution >= 0.6 is 11.3 Å². The SMILES string of the molecule is CNC(CCC(C)OC)Cc1nc2ccccc2s1. The molecule has 0 radical (unpaired) electrons. The van der Waals surface area contributed by atoms with Crippen molar-refractivity contribution in [2.75, 3.05) is 14.2 Å². The van der Waals surface area contributed by atoms with E-state index in [-0.39, 0.29) is 0 Å². The quantitative estimate of drug-likeness (QED) is 0.844. The zero-order valence-corrected chi connectivity index (χ0v) is 12.7. The molecule has 0 spiro atoms. The fraction of sp³-hybridized carbons (Fsp3) is 0.533. The average molecular weight is 278 g/mol. The first-order valence-electron chi connectivity index (χ1n) is 6.77. The normalized spacial score (nSPS) is 14.7. The molecule has 2 aromatic rings. The Bertz CT molecular complexity index is 479. The summed E-state index contributed by atoms with van der Waals surface area (Å²) in [6.45, 7) is 2.12. The molecule has 3 nitrogen and oxygen atoms in total. The van der Waals surface area contributed by atoms with Crippen molar-refractivity contribution in [2.45, 2.75) is 38.3 Å². The number of para-hydroxylation sites is 1. The van der Waals surface area contributed by atoms with Crippen LogP contribution in [-0.2, 0) is 11.2 Å². The van der Waals surface area contributed by atoms with Gasteiger partial charge in [0.2, 0.25) is 0 Å². The van der Waals surface area contributed by atoms with Crippen LogP contribution in [0.25, 0.3) is 10.2 Å². The van der Waals surface area contributed by atoms with Crippen LogP contribution < -0.4 is 5.32 Å². The van der Waals surface area contributed by atoms with Gasteiger partial charge in [0.05, 0.1) is 21.3 Å². The number of hydrogen-bond acceptors (Lipinski definition) is 4. The molecule has 0 saturated heterocycles. The topological polar surface area (TPSA) is 34.1 Å². The van der Waals surface area contributed by atoms with E-state index in [1.807, 2.05) is 13.1 Å². The third kappa shape index (κ3) is 4.00. The number of hydrogen-bond donors (Lipinski definition) is 1. The molecule has 0 aliphatic rings. The summed E-state index contributed by atoms with van der Waals surface area (Å²) in [5.41, 5.74) is 1.11. The van der Waals surface area contributed by atoms with Gasteiger partial charge < -0.3 is 10.1 Å². The molecule has 2 atom stereocenters. The molecule has 0 aliphatic carbocycles. The van der Waals surface area contributed by atoms with E-state index in [0.29, 0.717) is 12.1 Å². The van der Waals surface area contributed by atoms with Crippen LogP contribution in [-0.4, -0.2) is 31.3 Å². The van der Waals surface area contributed by atoms with Crippen molar-refractivity contribution in [3.63, 3.8) is 0 Å². The Kier molecular flexibility index (Phi) is 5.31. The molecule has 0 bridgehead atoms. The third-order valence-electron chi connectivity index (χ3n) is 3.49. The number of benzene rings is 1. The lowest BCUT2D eigenvalue weighted by Crippen LogP contribution is -2.28. The van der Waals surface area contributed by atoms with Crippen molar-refractivity contribution in [1.82, 2.24) is 10.3 Å². The second kappa shape index (κ2) is 6.98. The number of likely N-dealkylation sites (N-methyl/N-ethyl adjacent to an activating group) is 1. The van der Waals surface area contributed by atoms with Gasteiger partial charge in [-0.2, -0.15) is 0 Å². The maximum Gasteiger partial charge on any atom is 0.0954 e. The second-order valence-corrected chi connectivity index (χ2v) is 6.00. The Morgan fingerprint density at radius 3 is 2.79 bits per heavy atom. The molecule has 2 unspecified atom stereocenters. The van der Waals surface area contributed by atoms with E-state index in [1.165, 1.54) is 9.71 Å². The first kappa shape index (κ1) is 14.4. The van der Waals surface area contributed by atoms with E-state index >= 15 is 0 Å². The highest BCUT2D eigenvalue weighted by Crippen LogP contribution is 2.23. The summed E-state index contributed by atoms with van der Waals surface area (Å²) in [4.78, 5) is 4.70. The van der Waals surface area contributed by atoms with Crippen LogP contribution in [0.3, 0.4) is 0 Å². The van der Waals surface area contributed by atoms with Crippen molar-refractivity contribution in [3.05, 3.63) is 29.3 Å². The van der Waals surface area contributed by atoms with E-state index in [4.69, 9.17) is 9.72 Å². The maximum absolute atomic E-state index is 5.30. The van der Waals surface area contributed by atoms with Gasteiger partial charge in [-0.1, -0.05) is 12.1 Å². The van der Waals surface area contributed by atoms with Gasteiger partial charge >= 0.3 is 0 Å². The first-order valence-corrected chi connectivity index (χ1v) is 7.59. The van der Waals surface area contributed by atoms with Crippen molar-refractivity contribution in [2.24, 2.45) is 0 Å². The van der Waals surface area contributed by atoms with Gasteiger partial charge in [-0.3, -0.25) is 0 Å². The third-order valence-corrected chi connectivity index (χ3v) is 4.55. The van der Waals surface area contributed by atoms with E-state index < -0.39 is 0 Å². The lowest BCUT2D eigenvalue weighted by atomic mass is 10.1. The predicted octanol–water partition coefficient (Wildman–Crippen LogP) is 3.24. The average Bonchev–Trinajstić information content (AvgIpc) is 2.85. The van der Waals surface area contributed by atoms with Crippen molar-refractivity contribution in [1.29, 1.82) is 0 Å². The second-order valence-electron chi connectivity index (χ2n) is 4.89. The van der Waals surface area contributed by atoms with E-state index in [2.05, 4.69) is 30.4 Å².